The molecule has 25 heavy (non-hydrogen) atoms. The number of aromatic nitrogens is 1. The zero-order valence-corrected chi connectivity index (χ0v) is 13.2. The number of halogens is 1. The molecule has 4 rings (SSSR count). The molecule has 1 aromatic heterocycles. The van der Waals surface area contributed by atoms with Crippen LogP contribution in [0.25, 0.3) is 11.3 Å². The highest BCUT2D eigenvalue weighted by Gasteiger charge is 2.12. The Morgan fingerprint density at radius 3 is 2.92 bits per heavy atom. The van der Waals surface area contributed by atoms with Crippen molar-refractivity contribution in [3.05, 3.63) is 60.4 Å². The number of hydrogen-bond donors (Lipinski definition) is 2. The van der Waals surface area contributed by atoms with E-state index in [2.05, 4.69) is 10.3 Å². The molecule has 0 fully saturated rings. The van der Waals surface area contributed by atoms with E-state index in [1.54, 1.807) is 6.07 Å². The van der Waals surface area contributed by atoms with Gasteiger partial charge in [-0.05, 0) is 36.4 Å². The fourth-order valence-electron chi connectivity index (χ4n) is 2.61. The molecule has 0 bridgehead atoms. The molecule has 1 aliphatic rings. The van der Waals surface area contributed by atoms with Crippen LogP contribution in [0.15, 0.2) is 54.6 Å². The van der Waals surface area contributed by atoms with Crippen molar-refractivity contribution in [2.45, 2.75) is 0 Å². The van der Waals surface area contributed by atoms with Gasteiger partial charge in [-0.2, -0.15) is 0 Å². The number of aromatic hydroxyl groups is 1. The van der Waals surface area contributed by atoms with Crippen LogP contribution in [0.2, 0.25) is 0 Å². The van der Waals surface area contributed by atoms with Crippen LogP contribution in [0.5, 0.6) is 23.1 Å². The summed E-state index contributed by atoms with van der Waals surface area (Å²) >= 11 is 0. The molecule has 0 saturated carbocycles. The van der Waals surface area contributed by atoms with Crippen molar-refractivity contribution in [3.63, 3.8) is 0 Å². The molecule has 2 aromatic carbocycles. The Morgan fingerprint density at radius 1 is 1.12 bits per heavy atom. The normalized spacial score (nSPS) is 12.7. The molecule has 1 aliphatic heterocycles. The Balaban J connectivity index is 1.62. The molecule has 0 unspecified atom stereocenters. The van der Waals surface area contributed by atoms with Crippen molar-refractivity contribution in [2.75, 3.05) is 18.5 Å². The number of hydrogen-bond acceptors (Lipinski definition) is 5. The highest BCUT2D eigenvalue weighted by molar-refractivity contribution is 5.70. The molecule has 0 atom stereocenters. The van der Waals surface area contributed by atoms with Crippen molar-refractivity contribution in [1.82, 2.24) is 4.98 Å². The summed E-state index contributed by atoms with van der Waals surface area (Å²) in [6, 6.07) is 15.0. The molecular weight excluding hydrogens is 323 g/mol. The smallest absolute Gasteiger partial charge is 0.219 e. The van der Waals surface area contributed by atoms with Crippen LogP contribution in [-0.2, 0) is 0 Å². The number of ether oxygens (including phenoxy) is 2. The number of nitrogens with zero attached hydrogens (tertiary/aromatic N) is 1. The number of pyridine rings is 1. The predicted molar refractivity (Wildman–Crippen MR) is 91.8 cm³/mol. The second-order valence-electron chi connectivity index (χ2n) is 5.56. The van der Waals surface area contributed by atoms with Gasteiger partial charge in [0.05, 0.1) is 11.4 Å². The Kier molecular flexibility index (Phi) is 3.85. The fraction of sp³-hybridized carbons (Fsp3) is 0.105. The fourth-order valence-corrected chi connectivity index (χ4v) is 2.61. The highest BCUT2D eigenvalue weighted by atomic mass is 19.1. The number of benzene rings is 2. The average molecular weight is 338 g/mol. The average Bonchev–Trinajstić information content (AvgIpc) is 2.65. The summed E-state index contributed by atoms with van der Waals surface area (Å²) in [5, 5.41) is 12.7. The third-order valence-corrected chi connectivity index (χ3v) is 3.81. The first-order chi connectivity index (χ1) is 12.2. The van der Waals surface area contributed by atoms with Crippen molar-refractivity contribution < 1.29 is 19.0 Å². The maximum atomic E-state index is 13.1. The van der Waals surface area contributed by atoms with E-state index in [1.165, 1.54) is 12.1 Å². The van der Waals surface area contributed by atoms with E-state index < -0.39 is 11.6 Å². The molecule has 0 radical (unpaired) electrons. The second kappa shape index (κ2) is 6.32. The molecule has 0 spiro atoms. The molecule has 6 heteroatoms. The van der Waals surface area contributed by atoms with Gasteiger partial charge in [-0.3, -0.25) is 0 Å². The number of phenolic OH excluding ortho intramolecular Hbond substituents is 1. The molecule has 0 amide bonds. The number of fused-ring (bicyclic) bond motifs is 1. The van der Waals surface area contributed by atoms with Crippen molar-refractivity contribution in [3.8, 4) is 34.4 Å². The molecule has 0 aliphatic carbocycles. The van der Waals surface area contributed by atoms with Gasteiger partial charge in [0.2, 0.25) is 5.88 Å². The Morgan fingerprint density at radius 2 is 2.04 bits per heavy atom. The summed E-state index contributed by atoms with van der Waals surface area (Å²) < 4.78 is 24.3. The van der Waals surface area contributed by atoms with Gasteiger partial charge in [-0.15, -0.1) is 0 Å². The van der Waals surface area contributed by atoms with Crippen molar-refractivity contribution in [1.29, 1.82) is 0 Å². The van der Waals surface area contributed by atoms with Crippen LogP contribution in [0, 0.1) is 5.82 Å². The van der Waals surface area contributed by atoms with Crippen LogP contribution in [0.1, 0.15) is 0 Å². The first-order valence-electron chi connectivity index (χ1n) is 7.83. The molecule has 126 valence electrons. The van der Waals surface area contributed by atoms with E-state index >= 15 is 0 Å². The van der Waals surface area contributed by atoms with Crippen LogP contribution in [0.3, 0.4) is 0 Å². The van der Waals surface area contributed by atoms with E-state index in [9.17, 15) is 9.50 Å². The summed E-state index contributed by atoms with van der Waals surface area (Å²) in [6.45, 7) is 1.42. The van der Waals surface area contributed by atoms with Crippen LogP contribution >= 0.6 is 0 Å². The third-order valence-electron chi connectivity index (χ3n) is 3.81. The number of rotatable bonds is 3. The molecule has 5 nitrogen and oxygen atoms in total. The minimum Gasteiger partial charge on any atom is -0.505 e. The maximum absolute atomic E-state index is 13.1. The van der Waals surface area contributed by atoms with Crippen molar-refractivity contribution in [2.24, 2.45) is 0 Å². The monoisotopic (exact) mass is 338 g/mol. The third kappa shape index (κ3) is 3.19. The van der Waals surface area contributed by atoms with E-state index in [0.29, 0.717) is 18.2 Å². The summed E-state index contributed by atoms with van der Waals surface area (Å²) in [5.41, 5.74) is 2.59. The topological polar surface area (TPSA) is 63.6 Å². The van der Waals surface area contributed by atoms with Crippen molar-refractivity contribution >= 4 is 5.69 Å². The lowest BCUT2D eigenvalue weighted by Crippen LogP contribution is -2.17. The second-order valence-corrected chi connectivity index (χ2v) is 5.56. The van der Waals surface area contributed by atoms with Gasteiger partial charge < -0.3 is 19.9 Å². The molecular formula is C19H15FN2O3. The Hall–Kier alpha value is -3.28. The Bertz CT molecular complexity index is 930. The standard InChI is InChI=1S/C19H15FN2O3/c20-14-6-5-13(11-17(14)23)25-19-3-1-2-15(22-19)12-4-7-18-16(10-12)21-8-9-24-18/h1-7,10-11,21,23H,8-9H2. The molecule has 3 aromatic rings. The van der Waals surface area contributed by atoms with E-state index in [1.807, 2.05) is 30.3 Å². The van der Waals surface area contributed by atoms with Crippen LogP contribution in [-0.4, -0.2) is 23.2 Å². The van der Waals surface area contributed by atoms with Gasteiger partial charge in [-0.25, -0.2) is 9.37 Å². The molecule has 2 heterocycles. The summed E-state index contributed by atoms with van der Waals surface area (Å²) in [5.74, 6) is 0.325. The summed E-state index contributed by atoms with van der Waals surface area (Å²) in [4.78, 5) is 4.47. The van der Waals surface area contributed by atoms with Gasteiger partial charge in [-0.1, -0.05) is 6.07 Å². The predicted octanol–water partition coefficient (Wildman–Crippen LogP) is 4.19. The number of anilines is 1. The van der Waals surface area contributed by atoms with Crippen LogP contribution in [0.4, 0.5) is 10.1 Å². The van der Waals surface area contributed by atoms with Gasteiger partial charge >= 0.3 is 0 Å². The van der Waals surface area contributed by atoms with E-state index in [4.69, 9.17) is 9.47 Å². The molecule has 2 N–H and O–H groups in total. The van der Waals surface area contributed by atoms with Crippen LogP contribution < -0.4 is 14.8 Å². The minimum atomic E-state index is -0.696. The maximum Gasteiger partial charge on any atom is 0.219 e. The zero-order chi connectivity index (χ0) is 17.2. The largest absolute Gasteiger partial charge is 0.505 e. The Labute approximate surface area is 143 Å². The molecule has 0 saturated heterocycles. The van der Waals surface area contributed by atoms with E-state index in [-0.39, 0.29) is 0 Å². The summed E-state index contributed by atoms with van der Waals surface area (Å²) in [7, 11) is 0. The van der Waals surface area contributed by atoms with E-state index in [0.717, 1.165) is 35.3 Å². The SMILES string of the molecule is Oc1cc(Oc2cccc(-c3ccc4c(c3)NCCO4)n2)ccc1F. The first-order valence-corrected chi connectivity index (χ1v) is 7.83. The lowest BCUT2D eigenvalue weighted by molar-refractivity contribution is 0.323. The lowest BCUT2D eigenvalue weighted by atomic mass is 10.1. The van der Waals surface area contributed by atoms with Gasteiger partial charge in [0.15, 0.2) is 11.6 Å². The number of phenols is 1. The van der Waals surface area contributed by atoms with Gasteiger partial charge in [0, 0.05) is 24.2 Å². The zero-order valence-electron chi connectivity index (χ0n) is 13.2. The first kappa shape index (κ1) is 15.3. The highest BCUT2D eigenvalue weighted by Crippen LogP contribution is 2.33. The van der Waals surface area contributed by atoms with Gasteiger partial charge in [0.1, 0.15) is 18.1 Å². The minimum absolute atomic E-state index is 0.309. The van der Waals surface area contributed by atoms with Gasteiger partial charge in [0.25, 0.3) is 0 Å². The quantitative estimate of drug-likeness (QED) is 0.750. The number of nitrogens with one attached hydrogen (secondary N) is 1. The summed E-state index contributed by atoms with van der Waals surface area (Å²) in [6.07, 6.45) is 0. The lowest BCUT2D eigenvalue weighted by Gasteiger charge is -2.19.